The number of aromatic amines is 1. The maximum absolute atomic E-state index is 12.9. The van der Waals surface area contributed by atoms with Crippen LogP contribution in [-0.2, 0) is 6.54 Å². The fraction of sp³-hybridized carbons (Fsp3) is 0.167. The third-order valence-electron chi connectivity index (χ3n) is 3.97. The van der Waals surface area contributed by atoms with Gasteiger partial charge in [-0.2, -0.15) is 0 Å². The molecule has 0 saturated heterocycles. The average Bonchev–Trinajstić information content (AvgIpc) is 3.28. The van der Waals surface area contributed by atoms with Crippen molar-refractivity contribution in [2.75, 3.05) is 7.05 Å². The first kappa shape index (κ1) is 17.5. The van der Waals surface area contributed by atoms with Crippen LogP contribution in [0.4, 0.5) is 0 Å². The molecule has 0 bridgehead atoms. The number of rotatable bonds is 4. The number of amides is 1. The van der Waals surface area contributed by atoms with Crippen molar-refractivity contribution in [2.24, 2.45) is 0 Å². The third kappa shape index (κ3) is 3.38. The maximum Gasteiger partial charge on any atom is 0.268 e. The minimum absolute atomic E-state index is 0.166. The first-order chi connectivity index (χ1) is 13.0. The molecule has 0 fully saturated rings. The molecular formula is C18H15N5O2S2. The smallest absolute Gasteiger partial charge is 0.268 e. The van der Waals surface area contributed by atoms with Gasteiger partial charge in [0.15, 0.2) is 0 Å². The van der Waals surface area contributed by atoms with Crippen LogP contribution in [-0.4, -0.2) is 37.8 Å². The first-order valence-electron chi connectivity index (χ1n) is 8.13. The van der Waals surface area contributed by atoms with Gasteiger partial charge in [0.1, 0.15) is 20.4 Å². The van der Waals surface area contributed by atoms with Crippen molar-refractivity contribution < 1.29 is 4.79 Å². The van der Waals surface area contributed by atoms with Gasteiger partial charge in [0.25, 0.3) is 11.5 Å². The van der Waals surface area contributed by atoms with E-state index in [1.807, 2.05) is 30.5 Å². The number of nitrogens with one attached hydrogen (secondary N) is 1. The minimum atomic E-state index is -0.183. The highest BCUT2D eigenvalue weighted by Crippen LogP contribution is 2.27. The summed E-state index contributed by atoms with van der Waals surface area (Å²) in [4.78, 5) is 43.0. The molecule has 9 heteroatoms. The SMILES string of the molecule is Cc1nc(-c2ccccn2)sc1C(=O)N(C)Cc1nc2ccsc2c(=O)[nH]1. The van der Waals surface area contributed by atoms with Gasteiger partial charge in [-0.15, -0.1) is 22.7 Å². The lowest BCUT2D eigenvalue weighted by Gasteiger charge is -2.15. The predicted molar refractivity (Wildman–Crippen MR) is 106 cm³/mol. The molecule has 136 valence electrons. The minimum Gasteiger partial charge on any atom is -0.333 e. The zero-order valence-corrected chi connectivity index (χ0v) is 16.2. The molecule has 0 saturated carbocycles. The quantitative estimate of drug-likeness (QED) is 0.571. The number of aryl methyl sites for hydroxylation is 1. The van der Waals surface area contributed by atoms with Gasteiger partial charge in [-0.05, 0) is 30.5 Å². The molecule has 0 aliphatic rings. The zero-order chi connectivity index (χ0) is 19.0. The molecule has 1 N–H and O–H groups in total. The van der Waals surface area contributed by atoms with Crippen LogP contribution in [0.25, 0.3) is 20.9 Å². The Morgan fingerprint density at radius 3 is 2.89 bits per heavy atom. The highest BCUT2D eigenvalue weighted by molar-refractivity contribution is 7.17. The summed E-state index contributed by atoms with van der Waals surface area (Å²) in [6, 6.07) is 7.38. The van der Waals surface area contributed by atoms with Gasteiger partial charge < -0.3 is 9.88 Å². The Kier molecular flexibility index (Phi) is 4.54. The molecule has 1 amide bonds. The van der Waals surface area contributed by atoms with E-state index in [9.17, 15) is 9.59 Å². The number of aromatic nitrogens is 4. The molecule has 4 aromatic heterocycles. The van der Waals surface area contributed by atoms with E-state index < -0.39 is 0 Å². The molecular weight excluding hydrogens is 382 g/mol. The molecule has 0 spiro atoms. The van der Waals surface area contributed by atoms with Crippen LogP contribution in [0.3, 0.4) is 0 Å². The number of hydrogen-bond donors (Lipinski definition) is 1. The van der Waals surface area contributed by atoms with E-state index in [1.165, 1.54) is 27.6 Å². The first-order valence-corrected chi connectivity index (χ1v) is 9.83. The molecule has 4 aromatic rings. The van der Waals surface area contributed by atoms with Crippen LogP contribution in [0.2, 0.25) is 0 Å². The van der Waals surface area contributed by atoms with Crippen LogP contribution in [0.5, 0.6) is 0 Å². The van der Waals surface area contributed by atoms with Gasteiger partial charge in [-0.1, -0.05) is 6.07 Å². The Bertz CT molecular complexity index is 1180. The van der Waals surface area contributed by atoms with Crippen molar-refractivity contribution in [3.05, 3.63) is 62.6 Å². The average molecular weight is 397 g/mol. The van der Waals surface area contributed by atoms with E-state index in [1.54, 1.807) is 19.3 Å². The lowest BCUT2D eigenvalue weighted by Crippen LogP contribution is -2.28. The maximum atomic E-state index is 12.9. The van der Waals surface area contributed by atoms with Gasteiger partial charge in [-0.25, -0.2) is 9.97 Å². The largest absolute Gasteiger partial charge is 0.333 e. The lowest BCUT2D eigenvalue weighted by atomic mass is 10.3. The Balaban J connectivity index is 1.58. The van der Waals surface area contributed by atoms with Crippen LogP contribution in [0.15, 0.2) is 40.6 Å². The van der Waals surface area contributed by atoms with Crippen molar-refractivity contribution in [3.8, 4) is 10.7 Å². The lowest BCUT2D eigenvalue weighted by molar-refractivity contribution is 0.0785. The Labute approximate surface area is 162 Å². The van der Waals surface area contributed by atoms with Crippen LogP contribution in [0, 0.1) is 6.92 Å². The summed E-state index contributed by atoms with van der Waals surface area (Å²) in [5, 5.41) is 2.53. The second-order valence-corrected chi connectivity index (χ2v) is 7.87. The van der Waals surface area contributed by atoms with E-state index in [2.05, 4.69) is 19.9 Å². The van der Waals surface area contributed by atoms with Gasteiger partial charge in [0.2, 0.25) is 0 Å². The fourth-order valence-corrected chi connectivity index (χ4v) is 4.42. The van der Waals surface area contributed by atoms with E-state index in [-0.39, 0.29) is 18.0 Å². The number of H-pyrrole nitrogens is 1. The van der Waals surface area contributed by atoms with Crippen molar-refractivity contribution in [1.82, 2.24) is 24.8 Å². The topological polar surface area (TPSA) is 91.8 Å². The molecule has 27 heavy (non-hydrogen) atoms. The standard InChI is InChI=1S/C18H15N5O2S2/c1-10-14(27-17(20-10)12-5-3-4-7-19-12)18(25)23(2)9-13-21-11-6-8-26-15(11)16(24)22-13/h3-8H,9H2,1-2H3,(H,21,22,24). The summed E-state index contributed by atoms with van der Waals surface area (Å²) in [7, 11) is 1.68. The summed E-state index contributed by atoms with van der Waals surface area (Å²) in [6.45, 7) is 2.01. The van der Waals surface area contributed by atoms with Crippen LogP contribution >= 0.6 is 22.7 Å². The van der Waals surface area contributed by atoms with Gasteiger partial charge in [-0.3, -0.25) is 14.6 Å². The van der Waals surface area contributed by atoms with E-state index >= 15 is 0 Å². The number of thiazole rings is 1. The second kappa shape index (κ2) is 7.01. The monoisotopic (exact) mass is 397 g/mol. The molecule has 4 rings (SSSR count). The van der Waals surface area contributed by atoms with Crippen molar-refractivity contribution in [2.45, 2.75) is 13.5 Å². The van der Waals surface area contributed by atoms with Gasteiger partial charge >= 0.3 is 0 Å². The van der Waals surface area contributed by atoms with Gasteiger partial charge in [0.05, 0.1) is 23.4 Å². The Morgan fingerprint density at radius 1 is 1.26 bits per heavy atom. The molecule has 4 heterocycles. The summed E-state index contributed by atoms with van der Waals surface area (Å²) in [5.41, 5.74) is 1.86. The van der Waals surface area contributed by atoms with Crippen LogP contribution in [0.1, 0.15) is 21.2 Å². The number of thiophene rings is 1. The molecule has 7 nitrogen and oxygen atoms in total. The number of nitrogens with zero attached hydrogens (tertiary/aromatic N) is 4. The molecule has 0 aromatic carbocycles. The molecule has 0 aliphatic carbocycles. The predicted octanol–water partition coefficient (Wildman–Crippen LogP) is 3.08. The molecule has 0 unspecified atom stereocenters. The Hall–Kier alpha value is -2.91. The van der Waals surface area contributed by atoms with Crippen molar-refractivity contribution in [3.63, 3.8) is 0 Å². The summed E-state index contributed by atoms with van der Waals surface area (Å²) in [6.07, 6.45) is 1.70. The second-order valence-electron chi connectivity index (χ2n) is 5.96. The van der Waals surface area contributed by atoms with E-state index in [0.29, 0.717) is 31.6 Å². The number of pyridine rings is 1. The van der Waals surface area contributed by atoms with E-state index in [4.69, 9.17) is 0 Å². The summed E-state index contributed by atoms with van der Waals surface area (Å²) < 4.78 is 0.589. The van der Waals surface area contributed by atoms with Gasteiger partial charge in [0, 0.05) is 13.2 Å². The summed E-state index contributed by atoms with van der Waals surface area (Å²) in [5.74, 6) is 0.286. The van der Waals surface area contributed by atoms with Crippen molar-refractivity contribution in [1.29, 1.82) is 0 Å². The number of carbonyl (C=O) groups excluding carboxylic acids is 1. The highest BCUT2D eigenvalue weighted by Gasteiger charge is 2.21. The Morgan fingerprint density at radius 2 is 2.11 bits per heavy atom. The number of carbonyl (C=O) groups is 1. The molecule has 0 aliphatic heterocycles. The van der Waals surface area contributed by atoms with Crippen molar-refractivity contribution >= 4 is 38.8 Å². The van der Waals surface area contributed by atoms with Crippen LogP contribution < -0.4 is 5.56 Å². The third-order valence-corrected chi connectivity index (χ3v) is 6.04. The molecule has 0 radical (unpaired) electrons. The zero-order valence-electron chi connectivity index (χ0n) is 14.6. The number of hydrogen-bond acceptors (Lipinski definition) is 7. The molecule has 0 atom stereocenters. The number of fused-ring (bicyclic) bond motifs is 1. The summed E-state index contributed by atoms with van der Waals surface area (Å²) >= 11 is 2.66. The van der Waals surface area contributed by atoms with E-state index in [0.717, 1.165) is 5.69 Å². The normalized spacial score (nSPS) is 11.0. The fourth-order valence-electron chi connectivity index (χ4n) is 2.66. The highest BCUT2D eigenvalue weighted by atomic mass is 32.1.